The summed E-state index contributed by atoms with van der Waals surface area (Å²) in [6.45, 7) is 9.54. The first-order valence-electron chi connectivity index (χ1n) is 5.44. The summed E-state index contributed by atoms with van der Waals surface area (Å²) in [5.41, 5.74) is 0. The van der Waals surface area contributed by atoms with Crippen molar-refractivity contribution < 1.29 is 4.74 Å². The van der Waals surface area contributed by atoms with Crippen LogP contribution in [-0.4, -0.2) is 50.8 Å². The van der Waals surface area contributed by atoms with E-state index in [2.05, 4.69) is 17.1 Å². The summed E-state index contributed by atoms with van der Waals surface area (Å²) in [6.07, 6.45) is 2.74. The second-order valence-electron chi connectivity index (χ2n) is 3.51. The van der Waals surface area contributed by atoms with Crippen LogP contribution in [-0.2, 0) is 4.74 Å². The molecular weight excluding hydrogens is 164 g/mol. The van der Waals surface area contributed by atoms with Gasteiger partial charge in [-0.15, -0.1) is 0 Å². The smallest absolute Gasteiger partial charge is 0.0594 e. The van der Waals surface area contributed by atoms with Crippen molar-refractivity contribution in [1.29, 1.82) is 0 Å². The predicted molar refractivity (Wildman–Crippen MR) is 55.0 cm³/mol. The maximum atomic E-state index is 5.49. The highest BCUT2D eigenvalue weighted by molar-refractivity contribution is 4.65. The highest BCUT2D eigenvalue weighted by atomic mass is 16.5. The van der Waals surface area contributed by atoms with Crippen LogP contribution in [0.3, 0.4) is 0 Å². The number of hydrogen-bond acceptors (Lipinski definition) is 3. The Balaban J connectivity index is 1.78. The zero-order valence-corrected chi connectivity index (χ0v) is 8.72. The molecule has 0 radical (unpaired) electrons. The quantitative estimate of drug-likeness (QED) is 0.593. The molecule has 1 rings (SSSR count). The molecule has 0 spiro atoms. The van der Waals surface area contributed by atoms with Crippen LogP contribution in [0.2, 0.25) is 0 Å². The van der Waals surface area contributed by atoms with Gasteiger partial charge in [0, 0.05) is 13.1 Å². The maximum absolute atomic E-state index is 5.49. The lowest BCUT2D eigenvalue weighted by Gasteiger charge is -2.14. The minimum absolute atomic E-state index is 0.849. The molecule has 1 aliphatic rings. The van der Waals surface area contributed by atoms with Gasteiger partial charge >= 0.3 is 0 Å². The molecule has 0 aliphatic carbocycles. The summed E-state index contributed by atoms with van der Waals surface area (Å²) in [5, 5.41) is 3.24. The van der Waals surface area contributed by atoms with Crippen LogP contribution >= 0.6 is 0 Å². The van der Waals surface area contributed by atoms with E-state index >= 15 is 0 Å². The van der Waals surface area contributed by atoms with E-state index in [9.17, 15) is 0 Å². The number of hydrogen-bond donors (Lipinski definition) is 1. The third kappa shape index (κ3) is 5.24. The van der Waals surface area contributed by atoms with E-state index in [-0.39, 0.29) is 0 Å². The molecule has 0 amide bonds. The molecule has 1 saturated heterocycles. The molecule has 78 valence electrons. The first-order chi connectivity index (χ1) is 6.43. The molecule has 1 fully saturated rings. The number of likely N-dealkylation sites (N-methyl/N-ethyl adjacent to an activating group) is 1. The molecular formula is C10H22N2O. The van der Waals surface area contributed by atoms with Crippen molar-refractivity contribution in [2.45, 2.75) is 19.8 Å². The summed E-state index contributed by atoms with van der Waals surface area (Å²) in [6, 6.07) is 0. The average Bonchev–Trinajstić information content (AvgIpc) is 2.63. The van der Waals surface area contributed by atoms with E-state index in [0.717, 1.165) is 32.8 Å². The lowest BCUT2D eigenvalue weighted by molar-refractivity contribution is 0.113. The number of nitrogens with one attached hydrogen (secondary N) is 1. The van der Waals surface area contributed by atoms with Crippen LogP contribution < -0.4 is 5.32 Å². The molecule has 3 heteroatoms. The third-order valence-corrected chi connectivity index (χ3v) is 2.42. The standard InChI is InChI=1S/C10H22N2O/c1-2-11-5-9-13-10-8-12-6-3-4-7-12/h11H,2-10H2,1H3. The third-order valence-electron chi connectivity index (χ3n) is 2.42. The van der Waals surface area contributed by atoms with Crippen molar-refractivity contribution in [2.24, 2.45) is 0 Å². The minimum atomic E-state index is 0.849. The minimum Gasteiger partial charge on any atom is -0.379 e. The van der Waals surface area contributed by atoms with Crippen molar-refractivity contribution in [3.63, 3.8) is 0 Å². The molecule has 3 nitrogen and oxygen atoms in total. The van der Waals surface area contributed by atoms with E-state index in [1.807, 2.05) is 0 Å². The molecule has 0 unspecified atom stereocenters. The molecule has 0 atom stereocenters. The Morgan fingerprint density at radius 2 is 2.00 bits per heavy atom. The van der Waals surface area contributed by atoms with Crippen LogP contribution in [0.15, 0.2) is 0 Å². The van der Waals surface area contributed by atoms with E-state index in [4.69, 9.17) is 4.74 Å². The Labute approximate surface area is 81.4 Å². The SMILES string of the molecule is CCNCCOCCN1CCCC1. The molecule has 1 N–H and O–H groups in total. The molecule has 1 heterocycles. The maximum Gasteiger partial charge on any atom is 0.0594 e. The largest absolute Gasteiger partial charge is 0.379 e. The van der Waals surface area contributed by atoms with E-state index in [1.54, 1.807) is 0 Å². The topological polar surface area (TPSA) is 24.5 Å². The van der Waals surface area contributed by atoms with Crippen LogP contribution in [0.5, 0.6) is 0 Å². The van der Waals surface area contributed by atoms with Gasteiger partial charge < -0.3 is 15.0 Å². The van der Waals surface area contributed by atoms with Gasteiger partial charge in [0.15, 0.2) is 0 Å². The van der Waals surface area contributed by atoms with Crippen molar-refractivity contribution >= 4 is 0 Å². The van der Waals surface area contributed by atoms with Crippen molar-refractivity contribution in [1.82, 2.24) is 10.2 Å². The van der Waals surface area contributed by atoms with E-state index in [1.165, 1.54) is 25.9 Å². The summed E-state index contributed by atoms with van der Waals surface area (Å²) in [4.78, 5) is 2.48. The second kappa shape index (κ2) is 7.30. The molecule has 13 heavy (non-hydrogen) atoms. The first kappa shape index (κ1) is 11.0. The summed E-state index contributed by atoms with van der Waals surface area (Å²) < 4.78 is 5.49. The lowest BCUT2D eigenvalue weighted by atomic mass is 10.4. The zero-order valence-electron chi connectivity index (χ0n) is 8.72. The van der Waals surface area contributed by atoms with Crippen LogP contribution in [0.4, 0.5) is 0 Å². The van der Waals surface area contributed by atoms with Crippen LogP contribution in [0.25, 0.3) is 0 Å². The van der Waals surface area contributed by atoms with Gasteiger partial charge in [0.2, 0.25) is 0 Å². The molecule has 0 aromatic heterocycles. The normalized spacial score (nSPS) is 18.2. The van der Waals surface area contributed by atoms with Gasteiger partial charge in [-0.1, -0.05) is 6.92 Å². The van der Waals surface area contributed by atoms with Gasteiger partial charge in [-0.25, -0.2) is 0 Å². The van der Waals surface area contributed by atoms with Gasteiger partial charge in [-0.3, -0.25) is 0 Å². The fourth-order valence-electron chi connectivity index (χ4n) is 1.62. The van der Waals surface area contributed by atoms with Gasteiger partial charge in [-0.2, -0.15) is 0 Å². The lowest BCUT2D eigenvalue weighted by Crippen LogP contribution is -2.26. The molecule has 0 bridgehead atoms. The van der Waals surface area contributed by atoms with Crippen molar-refractivity contribution in [2.75, 3.05) is 45.9 Å². The summed E-state index contributed by atoms with van der Waals surface area (Å²) >= 11 is 0. The molecule has 0 saturated carbocycles. The first-order valence-corrected chi connectivity index (χ1v) is 5.44. The van der Waals surface area contributed by atoms with Gasteiger partial charge in [-0.05, 0) is 32.5 Å². The van der Waals surface area contributed by atoms with E-state index in [0.29, 0.717) is 0 Å². The number of rotatable bonds is 7. The van der Waals surface area contributed by atoms with Gasteiger partial charge in [0.25, 0.3) is 0 Å². The number of ether oxygens (including phenoxy) is 1. The monoisotopic (exact) mass is 186 g/mol. The number of nitrogens with zero attached hydrogens (tertiary/aromatic N) is 1. The molecule has 0 aromatic rings. The average molecular weight is 186 g/mol. The van der Waals surface area contributed by atoms with Gasteiger partial charge in [0.05, 0.1) is 13.2 Å². The molecule has 1 aliphatic heterocycles. The summed E-state index contributed by atoms with van der Waals surface area (Å²) in [5.74, 6) is 0. The van der Waals surface area contributed by atoms with Crippen molar-refractivity contribution in [3.05, 3.63) is 0 Å². The van der Waals surface area contributed by atoms with Crippen LogP contribution in [0.1, 0.15) is 19.8 Å². The Morgan fingerprint density at radius 1 is 1.23 bits per heavy atom. The highest BCUT2D eigenvalue weighted by Crippen LogP contribution is 2.05. The zero-order chi connectivity index (χ0) is 9.36. The Bertz CT molecular complexity index is 113. The summed E-state index contributed by atoms with van der Waals surface area (Å²) in [7, 11) is 0. The highest BCUT2D eigenvalue weighted by Gasteiger charge is 2.09. The van der Waals surface area contributed by atoms with E-state index < -0.39 is 0 Å². The Hall–Kier alpha value is -0.120. The van der Waals surface area contributed by atoms with Gasteiger partial charge in [0.1, 0.15) is 0 Å². The van der Waals surface area contributed by atoms with Crippen LogP contribution in [0, 0.1) is 0 Å². The molecule has 0 aromatic carbocycles. The Kier molecular flexibility index (Phi) is 6.15. The fourth-order valence-corrected chi connectivity index (χ4v) is 1.62. The predicted octanol–water partition coefficient (Wildman–Crippen LogP) is 0.708. The second-order valence-corrected chi connectivity index (χ2v) is 3.51. The number of likely N-dealkylation sites (tertiary alicyclic amines) is 1. The fraction of sp³-hybridized carbons (Fsp3) is 1.00. The van der Waals surface area contributed by atoms with Crippen molar-refractivity contribution in [3.8, 4) is 0 Å². The Morgan fingerprint density at radius 3 is 2.69 bits per heavy atom.